The molecule has 0 saturated heterocycles. The van der Waals surface area contributed by atoms with Crippen LogP contribution in [0.1, 0.15) is 178 Å². The summed E-state index contributed by atoms with van der Waals surface area (Å²) in [5.41, 5.74) is 21.1. The Hall–Kier alpha value is -13.9. The second-order valence-corrected chi connectivity index (χ2v) is 36.0. The second kappa shape index (κ2) is 60.0. The van der Waals surface area contributed by atoms with E-state index in [0.29, 0.717) is 72.0 Å². The number of hydrazine groups is 3. The minimum absolute atomic E-state index is 0. The van der Waals surface area contributed by atoms with E-state index in [-0.39, 0.29) is 107 Å². The van der Waals surface area contributed by atoms with Crippen LogP contribution in [0.3, 0.4) is 0 Å². The van der Waals surface area contributed by atoms with E-state index in [1.807, 2.05) is 60.7 Å². The Morgan fingerprint density at radius 2 is 0.741 bits per heavy atom. The standard InChI is InChI=1S/C37H39N5O6.C28H23N5O4.C22H20N4O3.C12H11P.CH2Cl2.3CH4.3ClH.F2.Pd.H2/c1-36(2,3)47-32(43)19-21-42(7)34(45)27-16-12-25(13-17-27)9-8-24-10-14-26(15-11-24)31-22-28(29-23-38-20-18-30(29)39-31)33(44)40-41-35(46)48-37(4,5)6;1-33(15-13-26(34)35)28(37)21-10-6-19(7-11-21)3-2-18-4-8-20(9-5-18)25-16-22(27(36)32-29)23-17-30-14-12-24(23)31-25;1-5-14-6-8-15(9-7-14)19-12-16(17-13-23-11-10-18(17)24-19)20(27)25-26-21(28)29-22(2,3)4;1-3-7-11(8-4-1)13-12-9-5-2-6-10-12;2-1-3;;;;;;;1-2;;/h10-18,20,22-23H,19,21H2,1-7H3,(H,40,44)(H,41,46);4-12,14,16-17H,13,15,29H2,1H3,(H,32,36)(H,34,35);1,6-13H,2-4H3,(H,25,27)(H,26,28);1-10,13H;1H2;3*1H4;3*1H;;;1H/q;;;;;;;;;;;;+2;/p-2. The topological polar surface area (TPSA) is 372 Å². The molecule has 0 aliphatic heterocycles. The summed E-state index contributed by atoms with van der Waals surface area (Å²) in [5, 5.41) is 13.5. The van der Waals surface area contributed by atoms with Gasteiger partial charge >= 0.3 is 59.1 Å². The first-order valence-electron chi connectivity index (χ1n) is 40.7. The summed E-state index contributed by atoms with van der Waals surface area (Å²) >= 11 is 9.42. The molecule has 139 heavy (non-hydrogen) atoms. The summed E-state index contributed by atoms with van der Waals surface area (Å²) < 4.78 is 31.6. The van der Waals surface area contributed by atoms with E-state index in [1.165, 1.54) is 20.4 Å². The van der Waals surface area contributed by atoms with Crippen molar-refractivity contribution in [3.05, 3.63) is 311 Å². The number of hydrogen-bond acceptors (Lipinski definition) is 19. The van der Waals surface area contributed by atoms with Crippen molar-refractivity contribution >= 4 is 160 Å². The molecule has 734 valence electrons. The molecule has 13 rings (SSSR count). The van der Waals surface area contributed by atoms with Crippen LogP contribution in [0.15, 0.2) is 256 Å². The van der Waals surface area contributed by atoms with Crippen molar-refractivity contribution < 1.29 is 89.0 Å². The number of carbonyl (C=O) groups excluding carboxylic acids is 8. The number of halogens is 7. The average Bonchev–Trinajstić information content (AvgIpc) is 0.803. The fourth-order valence-corrected chi connectivity index (χ4v) is 12.9. The van der Waals surface area contributed by atoms with E-state index in [9.17, 15) is 43.2 Å². The van der Waals surface area contributed by atoms with Gasteiger partial charge in [-0.25, -0.2) is 41.2 Å². The van der Waals surface area contributed by atoms with Gasteiger partial charge in [-0.1, -0.05) is 158 Å². The molecule has 6 aromatic heterocycles. The molecule has 0 unspecified atom stereocenters. The Kier molecular flexibility index (Phi) is 51.4. The van der Waals surface area contributed by atoms with E-state index in [1.54, 1.807) is 211 Å². The van der Waals surface area contributed by atoms with Gasteiger partial charge in [0, 0.05) is 147 Å². The summed E-state index contributed by atoms with van der Waals surface area (Å²) in [6.45, 7) is 16.2. The number of carboxylic acids is 1. The third-order valence-electron chi connectivity index (χ3n) is 18.0. The number of nitrogen functional groups attached to an aromatic ring is 1. The van der Waals surface area contributed by atoms with Gasteiger partial charge in [-0.3, -0.25) is 64.8 Å². The van der Waals surface area contributed by atoms with Crippen LogP contribution in [0.25, 0.3) is 66.5 Å². The number of carbonyl (C=O) groups is 9. The van der Waals surface area contributed by atoms with E-state index < -0.39 is 52.7 Å². The van der Waals surface area contributed by atoms with Crippen molar-refractivity contribution in [3.63, 3.8) is 0 Å². The molecule has 0 spiro atoms. The number of fused-ring (bicyclic) bond motifs is 3. The molecule has 7 amide bonds. The minimum Gasteiger partial charge on any atom is -0.0622 e. The van der Waals surface area contributed by atoms with E-state index in [4.69, 9.17) is 88.0 Å². The third-order valence-corrected chi connectivity index (χ3v) is 19.2. The van der Waals surface area contributed by atoms with Gasteiger partial charge in [0.25, 0.3) is 29.5 Å². The zero-order chi connectivity index (χ0) is 98.8. The summed E-state index contributed by atoms with van der Waals surface area (Å²) in [6, 6.07) is 67.2. The Labute approximate surface area is 843 Å². The number of hydrogen-bond donors (Lipinski definition) is 7. The molecule has 0 aliphatic rings. The fraction of sp³-hybridized carbons (Fsp3) is 0.214. The Balaban J connectivity index is 0.000000643. The maximum absolute atomic E-state index is 13.1. The number of ether oxygens (including phenoxy) is 3. The van der Waals surface area contributed by atoms with E-state index in [0.717, 1.165) is 53.1 Å². The normalized spacial score (nSPS) is 10.1. The summed E-state index contributed by atoms with van der Waals surface area (Å²) in [5.74, 6) is 17.1. The number of rotatable bonds is 16. The molecule has 27 nitrogen and oxygen atoms in total. The molecule has 6 heterocycles. The maximum atomic E-state index is 13.1. The van der Waals surface area contributed by atoms with Gasteiger partial charge in [0.2, 0.25) is 0 Å². The number of pyridine rings is 6. The molecule has 0 atom stereocenters. The smallest absolute Gasteiger partial charge is 0 e. The fourth-order valence-electron chi connectivity index (χ4n) is 11.9. The van der Waals surface area contributed by atoms with Crippen molar-refractivity contribution in [2.45, 2.75) is 114 Å². The largest absolute Gasteiger partial charge is 0.0622 e. The van der Waals surface area contributed by atoms with Crippen LogP contribution >= 0.6 is 63.2 Å². The predicted molar refractivity (Wildman–Crippen MR) is 550 cm³/mol. The van der Waals surface area contributed by atoms with Crippen LogP contribution in [0.2, 0.25) is 0 Å². The number of carboxylic acid groups (broad SMARTS) is 1. The molecule has 7 aromatic carbocycles. The van der Waals surface area contributed by atoms with Crippen LogP contribution in [-0.4, -0.2) is 148 Å². The number of nitrogens with two attached hydrogens (primary N) is 1. The van der Waals surface area contributed by atoms with Crippen LogP contribution in [0.4, 0.5) is 18.7 Å². The molecular weight excluding hydrogens is 1990 g/mol. The van der Waals surface area contributed by atoms with Crippen molar-refractivity contribution in [3.8, 4) is 69.8 Å². The van der Waals surface area contributed by atoms with Crippen LogP contribution in [0.5, 0.6) is 0 Å². The zero-order valence-electron chi connectivity index (χ0n) is 75.4. The van der Waals surface area contributed by atoms with E-state index >= 15 is 0 Å². The molecule has 0 bridgehead atoms. The van der Waals surface area contributed by atoms with Crippen LogP contribution in [-0.2, 0) is 39.7 Å². The molecule has 13 aromatic rings. The van der Waals surface area contributed by atoms with Crippen molar-refractivity contribution in [2.24, 2.45) is 5.84 Å². The maximum Gasteiger partial charge on any atom is 0 e. The molecule has 0 aliphatic carbocycles. The number of aliphatic carboxylic acids is 1. The first-order valence-corrected chi connectivity index (χ1v) is 46.8. The van der Waals surface area contributed by atoms with Gasteiger partial charge in [0.05, 0.1) is 68.5 Å². The number of amides is 7. The number of nitrogens with zero attached hydrogens (tertiary/aromatic N) is 8. The van der Waals surface area contributed by atoms with E-state index in [2.05, 4.69) is 142 Å². The van der Waals surface area contributed by atoms with Crippen LogP contribution in [0, 0.1) is 36.0 Å². The average molecular weight is 2100 g/mol. The molecule has 0 fully saturated rings. The summed E-state index contributed by atoms with van der Waals surface area (Å²) in [6.07, 6.45) is 13.3. The first kappa shape index (κ1) is 119. The monoisotopic (exact) mass is 2100 g/mol. The SMILES string of the molecule is C.C.C.C#Cc1ccc(-c2cc(C(=O)NNC(=O)OC(C)(C)C)c3cnccc3n2)cc1.CN(CCC(=O)O)C(=O)c1ccc(C#Cc2ccc(-c3cc(C(=O)NN)c4cnccc4n3)cc2)cc1.CN(CCC(=O)OC(C)(C)C)C(=O)c1ccc(C#Cc2ccc(-c3cc(C(=O)NNC(=O)OC(C)(C)C)c4cnccc4n3)cc2)cc1.Cl.ClCCl.FF.[Cl][Pd][Cl].[HH].c1ccc(Pc2ccccc2)cc1. The van der Waals surface area contributed by atoms with Crippen molar-refractivity contribution in [1.82, 2.24) is 66.8 Å². The molecule has 0 radical (unpaired) electrons. The summed E-state index contributed by atoms with van der Waals surface area (Å²) in [7, 11) is 13.6. The number of benzene rings is 7. The predicted octanol–water partition coefficient (Wildman–Crippen LogP) is 20.5. The first-order chi connectivity index (χ1) is 64.5. The van der Waals surface area contributed by atoms with Crippen LogP contribution < -0.4 is 43.6 Å². The molecule has 0 saturated carbocycles. The second-order valence-electron chi connectivity index (χ2n) is 31.4. The number of aromatic nitrogens is 6. The Bertz CT molecular complexity index is 6400. The van der Waals surface area contributed by atoms with Gasteiger partial charge in [-0.05, 0) is 194 Å². The Morgan fingerprint density at radius 1 is 0.453 bits per heavy atom. The zero-order valence-corrected chi connectivity index (χ0v) is 81.7. The summed E-state index contributed by atoms with van der Waals surface area (Å²) in [4.78, 5) is 139. The van der Waals surface area contributed by atoms with Gasteiger partial charge in [-0.2, -0.15) is 0 Å². The molecular formula is C103H110Cl5F2N14O13PPd. The third kappa shape index (κ3) is 40.4. The number of nitrogens with one attached hydrogen (secondary N) is 5. The van der Waals surface area contributed by atoms with Crippen molar-refractivity contribution in [1.29, 1.82) is 0 Å². The number of alkyl halides is 2. The van der Waals surface area contributed by atoms with Gasteiger partial charge in [0.15, 0.2) is 0 Å². The molecule has 36 heteroatoms. The van der Waals surface area contributed by atoms with Crippen molar-refractivity contribution in [2.75, 3.05) is 32.5 Å². The number of esters is 1. The number of terminal acetylenes is 1. The Morgan fingerprint density at radius 3 is 1.03 bits per heavy atom. The van der Waals surface area contributed by atoms with Gasteiger partial charge in [0.1, 0.15) is 16.8 Å². The van der Waals surface area contributed by atoms with Gasteiger partial charge < -0.3 is 29.1 Å². The molecule has 8 N–H and O–H groups in total. The van der Waals surface area contributed by atoms with Gasteiger partial charge in [-0.15, -0.1) is 42.0 Å². The minimum atomic E-state index is -0.951. The quantitative estimate of drug-likeness (QED) is 0.00544.